The molecule has 3 N–H and O–H groups in total. The summed E-state index contributed by atoms with van der Waals surface area (Å²) in [5, 5.41) is 19.2. The lowest BCUT2D eigenvalue weighted by atomic mass is 10.1. The van der Waals surface area contributed by atoms with Gasteiger partial charge in [0.05, 0.1) is 12.1 Å². The quantitative estimate of drug-likeness (QED) is 0.609. The van der Waals surface area contributed by atoms with Gasteiger partial charge in [-0.2, -0.15) is 10.1 Å². The summed E-state index contributed by atoms with van der Waals surface area (Å²) in [6.45, 7) is 7.81. The third-order valence-electron chi connectivity index (χ3n) is 4.01. The molecule has 0 radical (unpaired) electrons. The number of nitrogens with one attached hydrogen (secondary N) is 2. The summed E-state index contributed by atoms with van der Waals surface area (Å²) in [7, 11) is 0. The maximum absolute atomic E-state index is 12.5. The van der Waals surface area contributed by atoms with E-state index < -0.39 is 5.54 Å². The van der Waals surface area contributed by atoms with Crippen molar-refractivity contribution in [2.45, 2.75) is 33.2 Å². The SMILES string of the molecule is Cc1ccc(C(=O)Nc2nc3c(s2)c(C(=O)NCCO)nn3C(C)(C)C)cc1. The van der Waals surface area contributed by atoms with Crippen molar-refractivity contribution in [1.82, 2.24) is 20.1 Å². The molecule has 0 unspecified atom stereocenters. The Hall–Kier alpha value is -2.78. The fourth-order valence-corrected chi connectivity index (χ4v) is 3.52. The van der Waals surface area contributed by atoms with Gasteiger partial charge >= 0.3 is 0 Å². The first-order valence-electron chi connectivity index (χ1n) is 8.88. The number of hydrogen-bond acceptors (Lipinski definition) is 6. The molecule has 2 amide bonds. The van der Waals surface area contributed by atoms with Crippen molar-refractivity contribution in [1.29, 1.82) is 0 Å². The molecule has 0 aliphatic heterocycles. The van der Waals surface area contributed by atoms with E-state index in [1.165, 1.54) is 11.3 Å². The van der Waals surface area contributed by atoms with E-state index in [4.69, 9.17) is 5.11 Å². The summed E-state index contributed by atoms with van der Waals surface area (Å²) in [5.41, 5.74) is 1.96. The van der Waals surface area contributed by atoms with Crippen LogP contribution in [-0.4, -0.2) is 44.8 Å². The first-order chi connectivity index (χ1) is 13.2. The number of hydrogen-bond donors (Lipinski definition) is 3. The minimum atomic E-state index is -0.403. The number of nitrogens with zero attached hydrogens (tertiary/aromatic N) is 3. The number of anilines is 1. The molecule has 3 rings (SSSR count). The number of aromatic nitrogens is 3. The van der Waals surface area contributed by atoms with Crippen molar-refractivity contribution in [3.8, 4) is 0 Å². The lowest BCUT2D eigenvalue weighted by Gasteiger charge is -2.19. The minimum absolute atomic E-state index is 0.137. The van der Waals surface area contributed by atoms with Gasteiger partial charge in [-0.15, -0.1) is 0 Å². The molecule has 9 heteroatoms. The normalized spacial score (nSPS) is 11.6. The molecule has 0 spiro atoms. The minimum Gasteiger partial charge on any atom is -0.395 e. The Balaban J connectivity index is 1.96. The molecule has 0 saturated carbocycles. The van der Waals surface area contributed by atoms with Crippen molar-refractivity contribution in [2.24, 2.45) is 0 Å². The molecular weight excluding hydrogens is 378 g/mol. The summed E-state index contributed by atoms with van der Waals surface area (Å²) in [6, 6.07) is 7.24. The standard InChI is InChI=1S/C19H23N5O3S/c1-11-5-7-12(8-6-11)16(26)22-18-21-15-14(28-18)13(17(27)20-9-10-25)23-24(15)19(2,3)4/h5-8,25H,9-10H2,1-4H3,(H,20,27)(H,21,22,26). The maximum Gasteiger partial charge on any atom is 0.273 e. The zero-order chi connectivity index (χ0) is 20.5. The van der Waals surface area contributed by atoms with Gasteiger partial charge in [-0.25, -0.2) is 4.68 Å². The molecule has 0 fully saturated rings. The Morgan fingerprint density at radius 3 is 2.46 bits per heavy atom. The van der Waals surface area contributed by atoms with E-state index in [9.17, 15) is 9.59 Å². The van der Waals surface area contributed by atoms with Crippen LogP contribution < -0.4 is 10.6 Å². The monoisotopic (exact) mass is 401 g/mol. The summed E-state index contributed by atoms with van der Waals surface area (Å²) in [4.78, 5) is 29.4. The Labute approximate surface area is 166 Å². The van der Waals surface area contributed by atoms with Crippen molar-refractivity contribution in [2.75, 3.05) is 18.5 Å². The van der Waals surface area contributed by atoms with Crippen LogP contribution in [-0.2, 0) is 5.54 Å². The highest BCUT2D eigenvalue weighted by molar-refractivity contribution is 7.22. The molecule has 3 aromatic rings. The third-order valence-corrected chi connectivity index (χ3v) is 4.97. The number of aliphatic hydroxyl groups is 1. The van der Waals surface area contributed by atoms with Crippen LogP contribution in [0.2, 0.25) is 0 Å². The Morgan fingerprint density at radius 2 is 1.86 bits per heavy atom. The van der Waals surface area contributed by atoms with Gasteiger partial charge in [-0.1, -0.05) is 29.0 Å². The second-order valence-electron chi connectivity index (χ2n) is 7.40. The second kappa shape index (κ2) is 7.69. The van der Waals surface area contributed by atoms with Gasteiger partial charge in [0.2, 0.25) is 0 Å². The first-order valence-corrected chi connectivity index (χ1v) is 9.69. The van der Waals surface area contributed by atoms with E-state index in [2.05, 4.69) is 20.7 Å². The first kappa shape index (κ1) is 20.0. The zero-order valence-electron chi connectivity index (χ0n) is 16.2. The summed E-state index contributed by atoms with van der Waals surface area (Å²) in [5.74, 6) is -0.653. The van der Waals surface area contributed by atoms with Crippen molar-refractivity contribution >= 4 is 38.6 Å². The molecule has 148 valence electrons. The Kier molecular flexibility index (Phi) is 5.48. The van der Waals surface area contributed by atoms with Crippen molar-refractivity contribution < 1.29 is 14.7 Å². The van der Waals surface area contributed by atoms with Crippen LogP contribution in [0, 0.1) is 6.92 Å². The number of thiazole rings is 1. The number of aryl methyl sites for hydroxylation is 1. The fourth-order valence-electron chi connectivity index (χ4n) is 2.60. The van der Waals surface area contributed by atoms with E-state index in [0.717, 1.165) is 5.56 Å². The van der Waals surface area contributed by atoms with Gasteiger partial charge in [0, 0.05) is 12.1 Å². The number of aliphatic hydroxyl groups excluding tert-OH is 1. The van der Waals surface area contributed by atoms with Crippen molar-refractivity contribution in [3.63, 3.8) is 0 Å². The van der Waals surface area contributed by atoms with Gasteiger partial charge in [0.1, 0.15) is 4.70 Å². The maximum atomic E-state index is 12.5. The van der Waals surface area contributed by atoms with Gasteiger partial charge in [0.25, 0.3) is 11.8 Å². The van der Waals surface area contributed by atoms with Crippen LogP contribution in [0.15, 0.2) is 24.3 Å². The highest BCUT2D eigenvalue weighted by Crippen LogP contribution is 2.32. The van der Waals surface area contributed by atoms with E-state index in [1.54, 1.807) is 16.8 Å². The number of carbonyl (C=O) groups excluding carboxylic acids is 2. The molecule has 0 aliphatic carbocycles. The van der Waals surface area contributed by atoms with Gasteiger partial charge in [-0.3, -0.25) is 14.9 Å². The number of amides is 2. The molecule has 0 bridgehead atoms. The van der Waals surface area contributed by atoms with Gasteiger partial charge in [0.15, 0.2) is 16.5 Å². The van der Waals surface area contributed by atoms with Crippen LogP contribution in [0.5, 0.6) is 0 Å². The predicted octanol–water partition coefficient (Wildman–Crippen LogP) is 2.53. The number of rotatable bonds is 5. The molecule has 28 heavy (non-hydrogen) atoms. The topological polar surface area (TPSA) is 109 Å². The lowest BCUT2D eigenvalue weighted by molar-refractivity contribution is 0.0939. The van der Waals surface area contributed by atoms with Crippen LogP contribution >= 0.6 is 11.3 Å². The largest absolute Gasteiger partial charge is 0.395 e. The van der Waals surface area contributed by atoms with E-state index in [0.29, 0.717) is 21.0 Å². The molecule has 0 atom stereocenters. The van der Waals surface area contributed by atoms with E-state index in [-0.39, 0.29) is 30.7 Å². The molecule has 2 heterocycles. The molecule has 0 aliphatic rings. The summed E-state index contributed by atoms with van der Waals surface area (Å²) < 4.78 is 2.26. The average molecular weight is 401 g/mol. The van der Waals surface area contributed by atoms with Crippen molar-refractivity contribution in [3.05, 3.63) is 41.1 Å². The van der Waals surface area contributed by atoms with Crippen LogP contribution in [0.25, 0.3) is 10.3 Å². The average Bonchev–Trinajstić information content (AvgIpc) is 3.18. The smallest absolute Gasteiger partial charge is 0.273 e. The highest BCUT2D eigenvalue weighted by Gasteiger charge is 2.27. The fraction of sp³-hybridized carbons (Fsp3) is 0.368. The van der Waals surface area contributed by atoms with E-state index >= 15 is 0 Å². The zero-order valence-corrected chi connectivity index (χ0v) is 17.1. The molecule has 8 nitrogen and oxygen atoms in total. The molecular formula is C19H23N5O3S. The predicted molar refractivity (Wildman–Crippen MR) is 109 cm³/mol. The Bertz CT molecular complexity index is 1010. The van der Waals surface area contributed by atoms with E-state index in [1.807, 2.05) is 39.8 Å². The number of benzene rings is 1. The summed E-state index contributed by atoms with van der Waals surface area (Å²) in [6.07, 6.45) is 0. The summed E-state index contributed by atoms with van der Waals surface area (Å²) >= 11 is 1.20. The highest BCUT2D eigenvalue weighted by atomic mass is 32.1. The lowest BCUT2D eigenvalue weighted by Crippen LogP contribution is -2.28. The van der Waals surface area contributed by atoms with Gasteiger partial charge in [-0.05, 0) is 39.8 Å². The van der Waals surface area contributed by atoms with Crippen LogP contribution in [0.1, 0.15) is 47.2 Å². The Morgan fingerprint density at radius 1 is 1.18 bits per heavy atom. The number of carbonyl (C=O) groups is 2. The molecule has 0 saturated heterocycles. The third kappa shape index (κ3) is 4.05. The van der Waals surface area contributed by atoms with Crippen LogP contribution in [0.4, 0.5) is 5.13 Å². The molecule has 1 aromatic carbocycles. The van der Waals surface area contributed by atoms with Crippen LogP contribution in [0.3, 0.4) is 0 Å². The second-order valence-corrected chi connectivity index (χ2v) is 8.40. The van der Waals surface area contributed by atoms with Gasteiger partial charge < -0.3 is 10.4 Å². The number of fused-ring (bicyclic) bond motifs is 1. The molecule has 2 aromatic heterocycles.